The van der Waals surface area contributed by atoms with Gasteiger partial charge in [0.15, 0.2) is 12.0 Å². The number of aromatic amines is 1. The number of Topliss-reactive ketones (excluding diaryl/α,β-unsaturated/α-hetero) is 1. The summed E-state index contributed by atoms with van der Waals surface area (Å²) in [5.74, 6) is -0.627. The molecular formula is C31H43Cl5F3N6O2-3. The Balaban J connectivity index is -0.00000387. The molecule has 47 heavy (non-hydrogen) atoms. The number of pyridine rings is 1. The van der Waals surface area contributed by atoms with E-state index in [1.165, 1.54) is 12.1 Å². The van der Waals surface area contributed by atoms with Crippen molar-refractivity contribution in [3.63, 3.8) is 0 Å². The van der Waals surface area contributed by atoms with E-state index >= 15 is 0 Å². The molecule has 0 unspecified atom stereocenters. The highest BCUT2D eigenvalue weighted by molar-refractivity contribution is 5.92. The number of rotatable bonds is 16. The maximum Gasteiger partial charge on any atom is 0.416 e. The van der Waals surface area contributed by atoms with Gasteiger partial charge in [0, 0.05) is 37.0 Å². The SMILES string of the molecule is C[N+](CCN)(CCN)CCC[C@H](N)C(=O)N[C@H](CCc1ccc(C(F)(F)F)cc1)C(=O)Cc1ccc2[nH+]cccc2c1.[Cl-].[Cl-].[Cl-].[Cl-].[Cl-]. The van der Waals surface area contributed by atoms with Crippen molar-refractivity contribution >= 4 is 22.6 Å². The number of ketones is 1. The lowest BCUT2D eigenvalue weighted by Crippen LogP contribution is -3.00. The summed E-state index contributed by atoms with van der Waals surface area (Å²) in [7, 11) is 2.08. The molecule has 0 bridgehead atoms. The van der Waals surface area contributed by atoms with Crippen LogP contribution in [0.25, 0.3) is 10.9 Å². The molecule has 8 nitrogen and oxygen atoms in total. The number of likely N-dealkylation sites (N-methyl/N-ethyl adjacent to an activating group) is 1. The van der Waals surface area contributed by atoms with Crippen LogP contribution in [-0.2, 0) is 28.6 Å². The van der Waals surface area contributed by atoms with Crippen molar-refractivity contribution < 1.29 is 94.3 Å². The molecule has 0 radical (unpaired) electrons. The number of benzene rings is 2. The minimum Gasteiger partial charge on any atom is -1.00 e. The molecule has 0 aliphatic carbocycles. The summed E-state index contributed by atoms with van der Waals surface area (Å²) in [6, 6.07) is 12.7. The van der Waals surface area contributed by atoms with Gasteiger partial charge in [-0.05, 0) is 61.1 Å². The zero-order valence-corrected chi connectivity index (χ0v) is 29.8. The van der Waals surface area contributed by atoms with Crippen LogP contribution in [0.1, 0.15) is 36.0 Å². The molecule has 0 saturated heterocycles. The fourth-order valence-electron chi connectivity index (χ4n) is 5.15. The van der Waals surface area contributed by atoms with E-state index in [0.717, 1.165) is 48.2 Å². The molecule has 0 spiro atoms. The molecule has 1 heterocycles. The van der Waals surface area contributed by atoms with E-state index in [1.54, 1.807) is 0 Å². The largest absolute Gasteiger partial charge is 1.00 e. The number of carbonyl (C=O) groups excluding carboxylic acids is 2. The second-order valence-corrected chi connectivity index (χ2v) is 11.1. The molecule has 3 rings (SSSR count). The van der Waals surface area contributed by atoms with Crippen molar-refractivity contribution in [1.82, 2.24) is 5.32 Å². The van der Waals surface area contributed by atoms with Crippen LogP contribution in [0.3, 0.4) is 0 Å². The number of hydrogen-bond donors (Lipinski definition) is 4. The van der Waals surface area contributed by atoms with Crippen LogP contribution in [-0.4, -0.2) is 68.0 Å². The van der Waals surface area contributed by atoms with Gasteiger partial charge in [0.1, 0.15) is 0 Å². The van der Waals surface area contributed by atoms with Gasteiger partial charge >= 0.3 is 6.18 Å². The predicted molar refractivity (Wildman–Crippen MR) is 157 cm³/mol. The third-order valence-electron chi connectivity index (χ3n) is 7.70. The normalized spacial score (nSPS) is 12.1. The third-order valence-corrected chi connectivity index (χ3v) is 7.70. The van der Waals surface area contributed by atoms with Crippen LogP contribution in [0.5, 0.6) is 0 Å². The van der Waals surface area contributed by atoms with Gasteiger partial charge in [-0.25, -0.2) is 4.98 Å². The Bertz CT molecular complexity index is 1330. The number of hydrogen-bond acceptors (Lipinski definition) is 5. The second-order valence-electron chi connectivity index (χ2n) is 11.1. The zero-order valence-electron chi connectivity index (χ0n) is 26.0. The molecule has 16 heteroatoms. The van der Waals surface area contributed by atoms with E-state index in [2.05, 4.69) is 17.3 Å². The van der Waals surface area contributed by atoms with Crippen molar-refractivity contribution in [2.24, 2.45) is 17.2 Å². The number of nitrogens with zero attached hydrogens (tertiary/aromatic N) is 1. The van der Waals surface area contributed by atoms with Gasteiger partial charge in [-0.3, -0.25) is 9.59 Å². The summed E-state index contributed by atoms with van der Waals surface area (Å²) in [4.78, 5) is 29.7. The maximum atomic E-state index is 13.5. The average molecular weight is 766 g/mol. The first kappa shape index (κ1) is 49.5. The predicted octanol–water partition coefficient (Wildman–Crippen LogP) is -12.6. The highest BCUT2D eigenvalue weighted by Gasteiger charge is 2.30. The Morgan fingerprint density at radius 1 is 0.872 bits per heavy atom. The third kappa shape index (κ3) is 15.9. The lowest BCUT2D eigenvalue weighted by molar-refractivity contribution is -0.907. The topological polar surface area (TPSA) is 138 Å². The summed E-state index contributed by atoms with van der Waals surface area (Å²) < 4.78 is 39.6. The van der Waals surface area contributed by atoms with Crippen LogP contribution < -0.4 is 89.5 Å². The van der Waals surface area contributed by atoms with Crippen LogP contribution in [0.2, 0.25) is 0 Å². The van der Waals surface area contributed by atoms with E-state index in [9.17, 15) is 22.8 Å². The molecule has 0 saturated carbocycles. The Morgan fingerprint density at radius 2 is 1.47 bits per heavy atom. The maximum absolute atomic E-state index is 13.5. The molecule has 268 valence electrons. The van der Waals surface area contributed by atoms with Crippen LogP contribution >= 0.6 is 0 Å². The Hall–Kier alpha value is -1.93. The molecule has 2 aromatic carbocycles. The molecule has 1 aromatic heterocycles. The zero-order chi connectivity index (χ0) is 30.8. The minimum atomic E-state index is -4.43. The van der Waals surface area contributed by atoms with E-state index in [-0.39, 0.29) is 80.7 Å². The summed E-state index contributed by atoms with van der Waals surface area (Å²) in [6.07, 6.45) is -0.870. The number of quaternary nitrogens is 1. The first-order valence-electron chi connectivity index (χ1n) is 14.3. The summed E-state index contributed by atoms with van der Waals surface area (Å²) in [6.45, 7) is 3.37. The van der Waals surface area contributed by atoms with E-state index in [1.807, 2.05) is 36.5 Å². The lowest BCUT2D eigenvalue weighted by Gasteiger charge is -2.34. The monoisotopic (exact) mass is 763 g/mol. The van der Waals surface area contributed by atoms with Crippen LogP contribution in [0.4, 0.5) is 13.2 Å². The van der Waals surface area contributed by atoms with E-state index < -0.39 is 29.7 Å². The minimum absolute atomic E-state index is 0. The van der Waals surface area contributed by atoms with Gasteiger partial charge in [-0.15, -0.1) is 0 Å². The molecule has 1 amide bonds. The van der Waals surface area contributed by atoms with Crippen LogP contribution in [0, 0.1) is 0 Å². The van der Waals surface area contributed by atoms with Crippen molar-refractivity contribution in [3.05, 3.63) is 77.5 Å². The number of aryl methyl sites for hydroxylation is 1. The molecule has 0 aliphatic heterocycles. The number of aromatic nitrogens is 1. The van der Waals surface area contributed by atoms with Gasteiger partial charge in [-0.2, -0.15) is 13.2 Å². The Morgan fingerprint density at radius 3 is 2.04 bits per heavy atom. The standard InChI is InChI=1S/C31H41F3N6O2.5ClH/c1-40(18-14-35,19-15-36)17-3-5-26(37)30(42)39-28(13-8-22-6-10-25(11-7-22)31(32,33)34)29(41)21-23-9-12-27-24(20-23)4-2-16-38-27;;;;;/h2,4,6-7,9-12,16,20,26,28H,3,5,8,13-15,17-19,21,35-37H2,1H3;5*1H/p-3/t26-,28+;;;;;/m0...../s1. The quantitative estimate of drug-likeness (QED) is 0.108. The summed E-state index contributed by atoms with van der Waals surface area (Å²) >= 11 is 0. The smallest absolute Gasteiger partial charge is 0.416 e. The number of fused-ring (bicyclic) bond motifs is 1. The fourth-order valence-corrected chi connectivity index (χ4v) is 5.15. The van der Waals surface area contributed by atoms with Crippen LogP contribution in [0.15, 0.2) is 60.8 Å². The van der Waals surface area contributed by atoms with Gasteiger partial charge in [0.05, 0.1) is 44.3 Å². The fraction of sp³-hybridized carbons (Fsp3) is 0.452. The number of halogens is 8. The summed E-state index contributed by atoms with van der Waals surface area (Å²) in [5.41, 5.74) is 19.4. The number of nitrogens with one attached hydrogen (secondary N) is 2. The molecule has 0 fully saturated rings. The van der Waals surface area contributed by atoms with Gasteiger partial charge in [-0.1, -0.05) is 18.2 Å². The molecule has 2 atom stereocenters. The molecule has 0 aliphatic rings. The molecule has 8 N–H and O–H groups in total. The lowest BCUT2D eigenvalue weighted by atomic mass is 9.96. The number of nitrogens with two attached hydrogens (primary N) is 3. The highest BCUT2D eigenvalue weighted by atomic mass is 35.5. The first-order valence-corrected chi connectivity index (χ1v) is 14.3. The summed E-state index contributed by atoms with van der Waals surface area (Å²) in [5, 5.41) is 3.78. The van der Waals surface area contributed by atoms with E-state index in [4.69, 9.17) is 17.2 Å². The van der Waals surface area contributed by atoms with Gasteiger partial charge < -0.3 is 89.0 Å². The molecule has 3 aromatic rings. The Labute approximate surface area is 305 Å². The van der Waals surface area contributed by atoms with Crippen molar-refractivity contribution in [2.75, 3.05) is 39.8 Å². The first-order chi connectivity index (χ1) is 19.9. The average Bonchev–Trinajstić information content (AvgIpc) is 2.95. The van der Waals surface area contributed by atoms with Crippen molar-refractivity contribution in [1.29, 1.82) is 0 Å². The van der Waals surface area contributed by atoms with Crippen molar-refractivity contribution in [2.45, 2.75) is 50.4 Å². The Kier molecular flexibility index (Phi) is 24.7. The molecular weight excluding hydrogens is 723 g/mol. The number of amides is 1. The second kappa shape index (κ2) is 23.4. The van der Waals surface area contributed by atoms with E-state index in [0.29, 0.717) is 42.4 Å². The van der Waals surface area contributed by atoms with Crippen molar-refractivity contribution in [3.8, 4) is 0 Å². The number of H-pyrrole nitrogens is 1. The number of alkyl halides is 3. The highest BCUT2D eigenvalue weighted by Crippen LogP contribution is 2.29. The van der Waals surface area contributed by atoms with Gasteiger partial charge in [0.25, 0.3) is 0 Å². The number of carbonyl (C=O) groups is 2. The van der Waals surface area contributed by atoms with Gasteiger partial charge in [0.2, 0.25) is 11.4 Å².